The Labute approximate surface area is 103 Å². The van der Waals surface area contributed by atoms with Crippen molar-refractivity contribution in [2.75, 3.05) is 19.7 Å². The van der Waals surface area contributed by atoms with Crippen molar-refractivity contribution in [2.45, 2.75) is 51.4 Å². The van der Waals surface area contributed by atoms with Crippen molar-refractivity contribution < 1.29 is 14.6 Å². The van der Waals surface area contributed by atoms with Crippen LogP contribution in [-0.2, 0) is 9.53 Å². The van der Waals surface area contributed by atoms with E-state index in [0.717, 1.165) is 0 Å². The van der Waals surface area contributed by atoms with Crippen molar-refractivity contribution in [3.63, 3.8) is 0 Å². The SMILES string of the molecule is CC(C)NCCC(=O)NCC1(O)CCOC1C. The third-order valence-corrected chi connectivity index (χ3v) is 3.16. The Kier molecular flexibility index (Phi) is 5.36. The molecule has 2 unspecified atom stereocenters. The van der Waals surface area contributed by atoms with Crippen molar-refractivity contribution in [2.24, 2.45) is 0 Å². The van der Waals surface area contributed by atoms with E-state index < -0.39 is 5.60 Å². The zero-order valence-corrected chi connectivity index (χ0v) is 11.0. The molecule has 0 radical (unpaired) electrons. The Morgan fingerprint density at radius 2 is 2.29 bits per heavy atom. The highest BCUT2D eigenvalue weighted by molar-refractivity contribution is 5.76. The number of carbonyl (C=O) groups excluding carboxylic acids is 1. The number of hydrogen-bond acceptors (Lipinski definition) is 4. The summed E-state index contributed by atoms with van der Waals surface area (Å²) in [6.45, 7) is 7.40. The third kappa shape index (κ3) is 4.61. The van der Waals surface area contributed by atoms with Crippen molar-refractivity contribution in [3.05, 3.63) is 0 Å². The van der Waals surface area contributed by atoms with Crippen molar-refractivity contribution in [1.82, 2.24) is 10.6 Å². The van der Waals surface area contributed by atoms with E-state index in [4.69, 9.17) is 4.74 Å². The molecule has 1 rings (SSSR count). The molecule has 0 aromatic rings. The molecule has 1 saturated heterocycles. The van der Waals surface area contributed by atoms with Crippen molar-refractivity contribution in [1.29, 1.82) is 0 Å². The summed E-state index contributed by atoms with van der Waals surface area (Å²) in [5, 5.41) is 16.1. The zero-order chi connectivity index (χ0) is 12.9. The second-order valence-corrected chi connectivity index (χ2v) is 5.00. The first-order valence-corrected chi connectivity index (χ1v) is 6.28. The maximum atomic E-state index is 11.5. The quantitative estimate of drug-likeness (QED) is 0.616. The van der Waals surface area contributed by atoms with Crippen LogP contribution in [-0.4, -0.2) is 48.5 Å². The minimum atomic E-state index is -0.902. The highest BCUT2D eigenvalue weighted by atomic mass is 16.5. The summed E-state index contributed by atoms with van der Waals surface area (Å²) in [4.78, 5) is 11.5. The summed E-state index contributed by atoms with van der Waals surface area (Å²) in [7, 11) is 0. The maximum Gasteiger partial charge on any atom is 0.221 e. The van der Waals surface area contributed by atoms with Crippen molar-refractivity contribution in [3.8, 4) is 0 Å². The van der Waals surface area contributed by atoms with Gasteiger partial charge in [-0.3, -0.25) is 4.79 Å². The lowest BCUT2D eigenvalue weighted by Crippen LogP contribution is -2.47. The van der Waals surface area contributed by atoms with Gasteiger partial charge in [-0.15, -0.1) is 0 Å². The standard InChI is InChI=1S/C12H24N2O3/c1-9(2)13-6-4-11(15)14-8-12(16)5-7-17-10(12)3/h9-10,13,16H,4-8H2,1-3H3,(H,14,15). The molecule has 1 amide bonds. The van der Waals surface area contributed by atoms with Crippen molar-refractivity contribution >= 4 is 5.91 Å². The number of ether oxygens (including phenoxy) is 1. The molecule has 2 atom stereocenters. The number of rotatable bonds is 6. The number of amides is 1. The van der Waals surface area contributed by atoms with E-state index in [-0.39, 0.29) is 18.6 Å². The van der Waals surface area contributed by atoms with Gasteiger partial charge in [0.05, 0.1) is 6.10 Å². The van der Waals surface area contributed by atoms with E-state index in [0.29, 0.717) is 32.0 Å². The molecule has 1 fully saturated rings. The van der Waals surface area contributed by atoms with Crippen LogP contribution in [0.1, 0.15) is 33.6 Å². The van der Waals surface area contributed by atoms with Crippen LogP contribution < -0.4 is 10.6 Å². The average molecular weight is 244 g/mol. The predicted molar refractivity (Wildman–Crippen MR) is 65.7 cm³/mol. The molecule has 0 aliphatic carbocycles. The fourth-order valence-electron chi connectivity index (χ4n) is 1.82. The summed E-state index contributed by atoms with van der Waals surface area (Å²) in [5.74, 6) is -0.0364. The lowest BCUT2D eigenvalue weighted by molar-refractivity contribution is -0.122. The number of nitrogens with one attached hydrogen (secondary N) is 2. The first-order valence-electron chi connectivity index (χ1n) is 6.28. The molecule has 5 nitrogen and oxygen atoms in total. The molecular formula is C12H24N2O3. The van der Waals surface area contributed by atoms with Gasteiger partial charge in [-0.1, -0.05) is 13.8 Å². The predicted octanol–water partition coefficient (Wildman–Crippen LogP) is 0.0306. The van der Waals surface area contributed by atoms with Gasteiger partial charge in [0.15, 0.2) is 0 Å². The Balaban J connectivity index is 2.19. The molecule has 100 valence electrons. The summed E-state index contributed by atoms with van der Waals surface area (Å²) in [6, 6.07) is 0.384. The van der Waals surface area contributed by atoms with E-state index in [2.05, 4.69) is 10.6 Å². The molecule has 0 aromatic heterocycles. The van der Waals surface area contributed by atoms with Gasteiger partial charge in [0.2, 0.25) is 5.91 Å². The number of aliphatic hydroxyl groups is 1. The maximum absolute atomic E-state index is 11.5. The monoisotopic (exact) mass is 244 g/mol. The van der Waals surface area contributed by atoms with E-state index in [9.17, 15) is 9.90 Å². The fourth-order valence-corrected chi connectivity index (χ4v) is 1.82. The molecule has 1 aliphatic rings. The molecule has 1 aliphatic heterocycles. The van der Waals surface area contributed by atoms with Crippen LogP contribution in [0.5, 0.6) is 0 Å². The fraction of sp³-hybridized carbons (Fsp3) is 0.917. The van der Waals surface area contributed by atoms with Gasteiger partial charge < -0.3 is 20.5 Å². The first kappa shape index (κ1) is 14.4. The van der Waals surface area contributed by atoms with Gasteiger partial charge in [0, 0.05) is 38.6 Å². The molecule has 0 spiro atoms. The second-order valence-electron chi connectivity index (χ2n) is 5.00. The molecule has 0 aromatic carbocycles. The van der Waals surface area contributed by atoms with Gasteiger partial charge in [-0.2, -0.15) is 0 Å². The minimum Gasteiger partial charge on any atom is -0.385 e. The topological polar surface area (TPSA) is 70.6 Å². The average Bonchev–Trinajstić information content (AvgIpc) is 2.57. The van der Waals surface area contributed by atoms with Crippen LogP contribution in [0, 0.1) is 0 Å². The van der Waals surface area contributed by atoms with E-state index in [1.54, 1.807) is 0 Å². The van der Waals surface area contributed by atoms with E-state index >= 15 is 0 Å². The van der Waals surface area contributed by atoms with Gasteiger partial charge in [-0.05, 0) is 6.92 Å². The van der Waals surface area contributed by atoms with E-state index in [1.807, 2.05) is 20.8 Å². The molecular weight excluding hydrogens is 220 g/mol. The van der Waals surface area contributed by atoms with E-state index in [1.165, 1.54) is 0 Å². The minimum absolute atomic E-state index is 0.0364. The highest BCUT2D eigenvalue weighted by Gasteiger charge is 2.39. The van der Waals surface area contributed by atoms with Crippen LogP contribution in [0.15, 0.2) is 0 Å². The van der Waals surface area contributed by atoms with Gasteiger partial charge in [0.25, 0.3) is 0 Å². The lowest BCUT2D eigenvalue weighted by atomic mass is 9.97. The smallest absolute Gasteiger partial charge is 0.221 e. The van der Waals surface area contributed by atoms with Crippen LogP contribution >= 0.6 is 0 Å². The number of hydrogen-bond donors (Lipinski definition) is 3. The molecule has 0 saturated carbocycles. The molecule has 5 heteroatoms. The van der Waals surface area contributed by atoms with Crippen LogP contribution in [0.3, 0.4) is 0 Å². The van der Waals surface area contributed by atoms with Gasteiger partial charge in [0.1, 0.15) is 5.60 Å². The third-order valence-electron chi connectivity index (χ3n) is 3.16. The Morgan fingerprint density at radius 1 is 1.59 bits per heavy atom. The van der Waals surface area contributed by atoms with Crippen LogP contribution in [0.4, 0.5) is 0 Å². The Hall–Kier alpha value is -0.650. The Bertz CT molecular complexity index is 258. The summed E-state index contributed by atoms with van der Waals surface area (Å²) in [5.41, 5.74) is -0.902. The first-order chi connectivity index (χ1) is 7.94. The summed E-state index contributed by atoms with van der Waals surface area (Å²) < 4.78 is 5.30. The molecule has 3 N–H and O–H groups in total. The zero-order valence-electron chi connectivity index (χ0n) is 11.0. The largest absolute Gasteiger partial charge is 0.385 e. The summed E-state index contributed by atoms with van der Waals surface area (Å²) >= 11 is 0. The molecule has 0 bridgehead atoms. The molecule has 17 heavy (non-hydrogen) atoms. The highest BCUT2D eigenvalue weighted by Crippen LogP contribution is 2.24. The van der Waals surface area contributed by atoms with Gasteiger partial charge >= 0.3 is 0 Å². The van der Waals surface area contributed by atoms with Gasteiger partial charge in [-0.25, -0.2) is 0 Å². The summed E-state index contributed by atoms with van der Waals surface area (Å²) in [6.07, 6.45) is 0.805. The Morgan fingerprint density at radius 3 is 2.82 bits per heavy atom. The normalized spacial score (nSPS) is 28.6. The van der Waals surface area contributed by atoms with Crippen LogP contribution in [0.2, 0.25) is 0 Å². The second kappa shape index (κ2) is 6.33. The number of carbonyl (C=O) groups is 1. The molecule has 1 heterocycles. The van der Waals surface area contributed by atoms with Crippen LogP contribution in [0.25, 0.3) is 0 Å². The lowest BCUT2D eigenvalue weighted by Gasteiger charge is -2.26.